The molecule has 0 aliphatic rings. The number of aromatic nitrogens is 2. The summed E-state index contributed by atoms with van der Waals surface area (Å²) in [4.78, 5) is 14.9. The molecule has 4 N–H and O–H groups in total. The number of nitrogens with two attached hydrogens (primary N) is 2. The van der Waals surface area contributed by atoms with Crippen LogP contribution in [0.15, 0.2) is 24.5 Å². The van der Waals surface area contributed by atoms with Gasteiger partial charge in [-0.2, -0.15) is 0 Å². The molecule has 0 unspecified atom stereocenters. The van der Waals surface area contributed by atoms with Crippen LogP contribution >= 0.6 is 23.2 Å². The Kier molecular flexibility index (Phi) is 3.45. The molecule has 18 heavy (non-hydrogen) atoms. The van der Waals surface area contributed by atoms with Crippen LogP contribution in [-0.2, 0) is 6.54 Å². The normalized spacial score (nSPS) is 10.6. The number of imidazole rings is 1. The molecule has 0 saturated carbocycles. The Bertz CT molecular complexity index is 609. The van der Waals surface area contributed by atoms with Crippen LogP contribution in [-0.4, -0.2) is 15.5 Å². The van der Waals surface area contributed by atoms with E-state index in [0.717, 1.165) is 5.56 Å². The molecule has 0 aliphatic carbocycles. The third kappa shape index (κ3) is 2.42. The van der Waals surface area contributed by atoms with Crippen molar-refractivity contribution in [1.82, 2.24) is 9.55 Å². The lowest BCUT2D eigenvalue weighted by atomic mass is 10.2. The van der Waals surface area contributed by atoms with Crippen LogP contribution in [0.25, 0.3) is 0 Å². The fourth-order valence-electron chi connectivity index (χ4n) is 1.54. The third-order valence-corrected chi connectivity index (χ3v) is 3.19. The minimum Gasteiger partial charge on any atom is -0.383 e. The van der Waals surface area contributed by atoms with E-state index in [0.29, 0.717) is 16.6 Å². The number of nitrogen functional groups attached to an aromatic ring is 1. The predicted octanol–water partition coefficient (Wildman–Crippen LogP) is 1.92. The minimum atomic E-state index is -0.652. The fourth-order valence-corrected chi connectivity index (χ4v) is 1.86. The highest BCUT2D eigenvalue weighted by Crippen LogP contribution is 2.23. The van der Waals surface area contributed by atoms with Gasteiger partial charge in [-0.3, -0.25) is 4.79 Å². The number of hydrogen-bond donors (Lipinski definition) is 2. The number of nitrogens with zero attached hydrogens (tertiary/aromatic N) is 2. The zero-order chi connectivity index (χ0) is 13.3. The Morgan fingerprint density at radius 3 is 2.61 bits per heavy atom. The smallest absolute Gasteiger partial charge is 0.271 e. The highest BCUT2D eigenvalue weighted by Gasteiger charge is 2.12. The standard InChI is InChI=1S/C11H10Cl2N4O/c12-7-2-1-6(3-8(7)13)4-17-5-16-9(10(17)14)11(15)18/h1-3,5H,4,14H2,(H2,15,18). The summed E-state index contributed by atoms with van der Waals surface area (Å²) < 4.78 is 1.61. The molecule has 0 aliphatic heterocycles. The maximum absolute atomic E-state index is 11.0. The summed E-state index contributed by atoms with van der Waals surface area (Å²) in [5, 5.41) is 0.944. The highest BCUT2D eigenvalue weighted by molar-refractivity contribution is 6.42. The van der Waals surface area contributed by atoms with Crippen molar-refractivity contribution in [3.63, 3.8) is 0 Å². The molecule has 1 aromatic carbocycles. The van der Waals surface area contributed by atoms with Gasteiger partial charge in [0.1, 0.15) is 5.82 Å². The first kappa shape index (κ1) is 12.7. The summed E-state index contributed by atoms with van der Waals surface area (Å²) in [7, 11) is 0. The van der Waals surface area contributed by atoms with Crippen molar-refractivity contribution in [2.24, 2.45) is 5.73 Å². The monoisotopic (exact) mass is 284 g/mol. The fraction of sp³-hybridized carbons (Fsp3) is 0.0909. The molecule has 0 bridgehead atoms. The maximum atomic E-state index is 11.0. The van der Waals surface area contributed by atoms with Crippen LogP contribution in [0.3, 0.4) is 0 Å². The Balaban J connectivity index is 2.29. The molecular formula is C11H10Cl2N4O. The number of primary amides is 1. The maximum Gasteiger partial charge on any atom is 0.271 e. The van der Waals surface area contributed by atoms with E-state index in [1.165, 1.54) is 6.33 Å². The average Bonchev–Trinajstić information content (AvgIpc) is 2.66. The van der Waals surface area contributed by atoms with Crippen molar-refractivity contribution in [1.29, 1.82) is 0 Å². The highest BCUT2D eigenvalue weighted by atomic mass is 35.5. The van der Waals surface area contributed by atoms with E-state index in [9.17, 15) is 4.79 Å². The predicted molar refractivity (Wildman–Crippen MR) is 70.7 cm³/mol. The van der Waals surface area contributed by atoms with E-state index in [2.05, 4.69) is 4.98 Å². The molecule has 0 radical (unpaired) electrons. The molecule has 1 heterocycles. The van der Waals surface area contributed by atoms with E-state index in [4.69, 9.17) is 34.7 Å². The van der Waals surface area contributed by atoms with E-state index >= 15 is 0 Å². The molecule has 1 amide bonds. The summed E-state index contributed by atoms with van der Waals surface area (Å²) in [6.45, 7) is 0.434. The van der Waals surface area contributed by atoms with Crippen molar-refractivity contribution in [2.45, 2.75) is 6.54 Å². The Labute approximate surface area is 113 Å². The zero-order valence-electron chi connectivity index (χ0n) is 9.23. The molecule has 0 fully saturated rings. The van der Waals surface area contributed by atoms with Crippen molar-refractivity contribution in [3.8, 4) is 0 Å². The Hall–Kier alpha value is -1.72. The molecule has 94 valence electrons. The first-order valence-electron chi connectivity index (χ1n) is 5.03. The van der Waals surface area contributed by atoms with E-state index < -0.39 is 5.91 Å². The van der Waals surface area contributed by atoms with Gasteiger partial charge in [-0.25, -0.2) is 4.98 Å². The van der Waals surface area contributed by atoms with Crippen LogP contribution in [0.5, 0.6) is 0 Å². The number of carbonyl (C=O) groups excluding carboxylic acids is 1. The van der Waals surface area contributed by atoms with Crippen molar-refractivity contribution >= 4 is 34.9 Å². The second kappa shape index (κ2) is 4.88. The van der Waals surface area contributed by atoms with Crippen LogP contribution < -0.4 is 11.5 Å². The number of halogens is 2. The molecule has 2 rings (SSSR count). The first-order chi connectivity index (χ1) is 8.49. The summed E-state index contributed by atoms with van der Waals surface area (Å²) in [6, 6.07) is 5.24. The second-order valence-electron chi connectivity index (χ2n) is 3.72. The van der Waals surface area contributed by atoms with E-state index in [-0.39, 0.29) is 11.5 Å². The van der Waals surface area contributed by atoms with Gasteiger partial charge in [0.25, 0.3) is 5.91 Å². The van der Waals surface area contributed by atoms with Crippen molar-refractivity contribution < 1.29 is 4.79 Å². The molecule has 1 aromatic heterocycles. The zero-order valence-corrected chi connectivity index (χ0v) is 10.7. The lowest BCUT2D eigenvalue weighted by Gasteiger charge is -2.06. The third-order valence-electron chi connectivity index (χ3n) is 2.45. The summed E-state index contributed by atoms with van der Waals surface area (Å²) in [5.74, 6) is -0.422. The van der Waals surface area contributed by atoms with Gasteiger partial charge in [0, 0.05) is 0 Å². The Morgan fingerprint density at radius 2 is 2.06 bits per heavy atom. The topological polar surface area (TPSA) is 86.9 Å². The minimum absolute atomic E-state index is 0.0649. The van der Waals surface area contributed by atoms with Crippen molar-refractivity contribution in [3.05, 3.63) is 45.8 Å². The van der Waals surface area contributed by atoms with Crippen LogP contribution in [0, 0.1) is 0 Å². The quantitative estimate of drug-likeness (QED) is 0.903. The number of anilines is 1. The number of carbonyl (C=O) groups is 1. The van der Waals surface area contributed by atoms with Crippen LogP contribution in [0.1, 0.15) is 16.1 Å². The Morgan fingerprint density at radius 1 is 1.33 bits per heavy atom. The number of amides is 1. The number of rotatable bonds is 3. The first-order valence-corrected chi connectivity index (χ1v) is 5.79. The second-order valence-corrected chi connectivity index (χ2v) is 4.53. The van der Waals surface area contributed by atoms with Crippen molar-refractivity contribution in [2.75, 3.05) is 5.73 Å². The molecule has 0 saturated heterocycles. The molecule has 0 spiro atoms. The van der Waals surface area contributed by atoms with Gasteiger partial charge in [0.05, 0.1) is 22.9 Å². The average molecular weight is 285 g/mol. The van der Waals surface area contributed by atoms with E-state index in [1.54, 1.807) is 16.7 Å². The molecule has 5 nitrogen and oxygen atoms in total. The van der Waals surface area contributed by atoms with Gasteiger partial charge in [-0.05, 0) is 17.7 Å². The molecule has 7 heteroatoms. The van der Waals surface area contributed by atoms with Gasteiger partial charge >= 0.3 is 0 Å². The van der Waals surface area contributed by atoms with Gasteiger partial charge < -0.3 is 16.0 Å². The SMILES string of the molecule is NC(=O)c1ncn(Cc2ccc(Cl)c(Cl)c2)c1N. The van der Waals surface area contributed by atoms with Gasteiger partial charge in [0.15, 0.2) is 5.69 Å². The number of benzene rings is 1. The number of hydrogen-bond acceptors (Lipinski definition) is 3. The molecule has 0 atom stereocenters. The molecular weight excluding hydrogens is 275 g/mol. The lowest BCUT2D eigenvalue weighted by Crippen LogP contribution is -2.14. The van der Waals surface area contributed by atoms with Crippen LogP contribution in [0.2, 0.25) is 10.0 Å². The molecule has 2 aromatic rings. The van der Waals surface area contributed by atoms with Gasteiger partial charge in [0.2, 0.25) is 0 Å². The van der Waals surface area contributed by atoms with Gasteiger partial charge in [-0.15, -0.1) is 0 Å². The van der Waals surface area contributed by atoms with E-state index in [1.807, 2.05) is 6.07 Å². The summed E-state index contributed by atoms with van der Waals surface area (Å²) >= 11 is 11.7. The largest absolute Gasteiger partial charge is 0.383 e. The van der Waals surface area contributed by atoms with Crippen LogP contribution in [0.4, 0.5) is 5.82 Å². The summed E-state index contributed by atoms with van der Waals surface area (Å²) in [6.07, 6.45) is 1.46. The lowest BCUT2D eigenvalue weighted by molar-refractivity contribution is 0.0997. The van der Waals surface area contributed by atoms with Gasteiger partial charge in [-0.1, -0.05) is 29.3 Å². The summed E-state index contributed by atoms with van der Waals surface area (Å²) in [5.41, 5.74) is 11.9.